The van der Waals surface area contributed by atoms with Gasteiger partial charge in [0.15, 0.2) is 0 Å². The molecule has 0 heterocycles. The molecule has 0 saturated heterocycles. The summed E-state index contributed by atoms with van der Waals surface area (Å²) in [6.45, 7) is 2.64. The van der Waals surface area contributed by atoms with E-state index in [1.165, 1.54) is 0 Å². The Morgan fingerprint density at radius 1 is 0.914 bits per heavy atom. The highest BCUT2D eigenvalue weighted by molar-refractivity contribution is 5.94. The summed E-state index contributed by atoms with van der Waals surface area (Å²) in [4.78, 5) is 60.2. The molecule has 1 rings (SSSR count). The van der Waals surface area contributed by atoms with Crippen molar-refractivity contribution in [3.8, 4) is 0 Å². The van der Waals surface area contributed by atoms with Gasteiger partial charge < -0.3 is 37.0 Å². The number of benzene rings is 1. The first-order valence-corrected chi connectivity index (χ1v) is 11.3. The minimum absolute atomic E-state index is 0.206. The smallest absolute Gasteiger partial charge is 0.326 e. The number of nitrogens with one attached hydrogen (secondary N) is 3. The molecule has 0 aliphatic heterocycles. The van der Waals surface area contributed by atoms with Crippen LogP contribution in [0.15, 0.2) is 30.3 Å². The Kier molecular flexibility index (Phi) is 12.4. The number of nitrogens with two attached hydrogens (primary N) is 1. The van der Waals surface area contributed by atoms with Crippen molar-refractivity contribution in [1.29, 1.82) is 0 Å². The SMILES string of the molecule is CCC(C)C(NC(=O)C(CO)NC(=O)C(N)Cc1ccccc1)C(=O)NC(CCC(=O)O)C(=O)O. The molecule has 0 radical (unpaired) electrons. The van der Waals surface area contributed by atoms with E-state index >= 15 is 0 Å². The average molecular weight is 495 g/mol. The van der Waals surface area contributed by atoms with Gasteiger partial charge in [0.2, 0.25) is 17.7 Å². The molecule has 1 aromatic rings. The van der Waals surface area contributed by atoms with E-state index in [1.807, 2.05) is 6.07 Å². The number of carbonyl (C=O) groups is 5. The van der Waals surface area contributed by atoms with Crippen LogP contribution in [0.3, 0.4) is 0 Å². The molecule has 35 heavy (non-hydrogen) atoms. The number of aliphatic hydroxyl groups excluding tert-OH is 1. The first-order valence-electron chi connectivity index (χ1n) is 11.3. The van der Waals surface area contributed by atoms with Crippen molar-refractivity contribution in [3.63, 3.8) is 0 Å². The zero-order valence-corrected chi connectivity index (χ0v) is 19.8. The maximum absolute atomic E-state index is 12.8. The lowest BCUT2D eigenvalue weighted by Crippen LogP contribution is -2.59. The molecule has 12 nitrogen and oxygen atoms in total. The highest BCUT2D eigenvalue weighted by atomic mass is 16.4. The van der Waals surface area contributed by atoms with Gasteiger partial charge in [-0.05, 0) is 24.3 Å². The lowest BCUT2D eigenvalue weighted by atomic mass is 9.97. The molecule has 0 spiro atoms. The molecule has 12 heteroatoms. The molecule has 194 valence electrons. The number of carboxylic acid groups (broad SMARTS) is 2. The summed E-state index contributed by atoms with van der Waals surface area (Å²) in [6.07, 6.45) is -0.174. The Morgan fingerprint density at radius 2 is 1.51 bits per heavy atom. The molecular formula is C23H34N4O8. The van der Waals surface area contributed by atoms with Crippen molar-refractivity contribution >= 4 is 29.7 Å². The van der Waals surface area contributed by atoms with E-state index in [1.54, 1.807) is 38.1 Å². The molecule has 0 fully saturated rings. The fraction of sp³-hybridized carbons (Fsp3) is 0.522. The van der Waals surface area contributed by atoms with E-state index in [0.29, 0.717) is 6.42 Å². The van der Waals surface area contributed by atoms with E-state index in [-0.39, 0.29) is 12.8 Å². The first kappa shape index (κ1) is 29.5. The number of carbonyl (C=O) groups excluding carboxylic acids is 3. The van der Waals surface area contributed by atoms with E-state index < -0.39 is 72.8 Å². The van der Waals surface area contributed by atoms with Gasteiger partial charge in [0.05, 0.1) is 12.6 Å². The van der Waals surface area contributed by atoms with Crippen molar-refractivity contribution in [2.45, 2.75) is 63.7 Å². The summed E-state index contributed by atoms with van der Waals surface area (Å²) in [6, 6.07) is 3.94. The van der Waals surface area contributed by atoms with E-state index in [0.717, 1.165) is 5.56 Å². The van der Waals surface area contributed by atoms with Gasteiger partial charge in [-0.25, -0.2) is 4.79 Å². The molecule has 0 bridgehead atoms. The predicted octanol–water partition coefficient (Wildman–Crippen LogP) is -1.00. The Labute approximate surface area is 203 Å². The molecule has 8 N–H and O–H groups in total. The van der Waals surface area contributed by atoms with Crippen LogP contribution in [0, 0.1) is 5.92 Å². The zero-order chi connectivity index (χ0) is 26.5. The van der Waals surface area contributed by atoms with Crippen molar-refractivity contribution in [2.75, 3.05) is 6.61 Å². The lowest BCUT2D eigenvalue weighted by molar-refractivity contribution is -0.143. The van der Waals surface area contributed by atoms with Gasteiger partial charge in [-0.1, -0.05) is 50.6 Å². The number of carboxylic acids is 2. The third-order valence-electron chi connectivity index (χ3n) is 5.51. The molecule has 3 amide bonds. The number of rotatable bonds is 15. The number of hydrogen-bond donors (Lipinski definition) is 7. The number of aliphatic hydroxyl groups is 1. The van der Waals surface area contributed by atoms with Gasteiger partial charge in [-0.2, -0.15) is 0 Å². The largest absolute Gasteiger partial charge is 0.481 e. The molecule has 5 unspecified atom stereocenters. The fourth-order valence-corrected chi connectivity index (χ4v) is 3.18. The van der Waals surface area contributed by atoms with Crippen molar-refractivity contribution in [1.82, 2.24) is 16.0 Å². The van der Waals surface area contributed by atoms with Crippen LogP contribution in [0.1, 0.15) is 38.7 Å². The van der Waals surface area contributed by atoms with E-state index in [2.05, 4.69) is 16.0 Å². The number of amides is 3. The van der Waals surface area contributed by atoms with Gasteiger partial charge in [0.25, 0.3) is 0 Å². The predicted molar refractivity (Wildman–Crippen MR) is 125 cm³/mol. The standard InChI is InChI=1S/C23H34N4O8/c1-3-13(2)19(22(33)25-16(23(34)35)9-10-18(29)30)27-21(32)17(12-28)26-20(31)15(24)11-14-7-5-4-6-8-14/h4-8,13,15-17,19,28H,3,9-12,24H2,1-2H3,(H,25,33)(H,26,31)(H,27,32)(H,29,30)(H,34,35). The Hall–Kier alpha value is -3.51. The van der Waals surface area contributed by atoms with Crippen LogP contribution < -0.4 is 21.7 Å². The van der Waals surface area contributed by atoms with Crippen LogP contribution in [-0.4, -0.2) is 75.8 Å². The van der Waals surface area contributed by atoms with Crippen LogP contribution in [0.5, 0.6) is 0 Å². The Morgan fingerprint density at radius 3 is 2.03 bits per heavy atom. The molecular weight excluding hydrogens is 460 g/mol. The van der Waals surface area contributed by atoms with Gasteiger partial charge >= 0.3 is 11.9 Å². The number of aliphatic carboxylic acids is 2. The average Bonchev–Trinajstić information content (AvgIpc) is 2.82. The van der Waals surface area contributed by atoms with Crippen LogP contribution in [0.2, 0.25) is 0 Å². The fourth-order valence-electron chi connectivity index (χ4n) is 3.18. The molecule has 0 aliphatic rings. The molecule has 0 saturated carbocycles. The molecule has 5 atom stereocenters. The van der Waals surface area contributed by atoms with Crippen LogP contribution in [0.4, 0.5) is 0 Å². The van der Waals surface area contributed by atoms with Crippen molar-refractivity contribution in [2.24, 2.45) is 11.7 Å². The van der Waals surface area contributed by atoms with Crippen molar-refractivity contribution < 1.29 is 39.3 Å². The number of hydrogen-bond acceptors (Lipinski definition) is 7. The summed E-state index contributed by atoms with van der Waals surface area (Å²) in [5.41, 5.74) is 6.73. The zero-order valence-electron chi connectivity index (χ0n) is 19.8. The topological polar surface area (TPSA) is 208 Å². The second kappa shape index (κ2) is 14.7. The second-order valence-electron chi connectivity index (χ2n) is 8.24. The molecule has 0 aromatic heterocycles. The van der Waals surface area contributed by atoms with Crippen molar-refractivity contribution in [3.05, 3.63) is 35.9 Å². The second-order valence-corrected chi connectivity index (χ2v) is 8.24. The third kappa shape index (κ3) is 10.1. The summed E-state index contributed by atoms with van der Waals surface area (Å²) >= 11 is 0. The quantitative estimate of drug-likeness (QED) is 0.159. The Bertz CT molecular complexity index is 880. The minimum Gasteiger partial charge on any atom is -0.481 e. The monoisotopic (exact) mass is 494 g/mol. The highest BCUT2D eigenvalue weighted by Gasteiger charge is 2.32. The first-order chi connectivity index (χ1) is 16.5. The van der Waals surface area contributed by atoms with Gasteiger partial charge in [0, 0.05) is 6.42 Å². The summed E-state index contributed by atoms with van der Waals surface area (Å²) in [7, 11) is 0. The van der Waals surface area contributed by atoms with E-state index in [4.69, 9.17) is 10.8 Å². The van der Waals surface area contributed by atoms with E-state index in [9.17, 15) is 34.2 Å². The van der Waals surface area contributed by atoms with Gasteiger partial charge in [0.1, 0.15) is 18.1 Å². The van der Waals surface area contributed by atoms with Gasteiger partial charge in [-0.3, -0.25) is 19.2 Å². The highest BCUT2D eigenvalue weighted by Crippen LogP contribution is 2.10. The molecule has 1 aromatic carbocycles. The summed E-state index contributed by atoms with van der Waals surface area (Å²) in [5.74, 6) is -5.43. The third-order valence-corrected chi connectivity index (χ3v) is 5.51. The van der Waals surface area contributed by atoms with Gasteiger partial charge in [-0.15, -0.1) is 0 Å². The lowest BCUT2D eigenvalue weighted by Gasteiger charge is -2.27. The summed E-state index contributed by atoms with van der Waals surface area (Å²) in [5, 5.41) is 34.8. The van der Waals surface area contributed by atoms with Crippen LogP contribution in [0.25, 0.3) is 0 Å². The normalized spacial score (nSPS) is 15.1. The summed E-state index contributed by atoms with van der Waals surface area (Å²) < 4.78 is 0. The van der Waals surface area contributed by atoms with Crippen LogP contribution in [-0.2, 0) is 30.4 Å². The molecule has 0 aliphatic carbocycles. The Balaban J connectivity index is 2.85. The van der Waals surface area contributed by atoms with Crippen LogP contribution >= 0.6 is 0 Å². The maximum Gasteiger partial charge on any atom is 0.326 e. The minimum atomic E-state index is -1.47. The maximum atomic E-state index is 12.8.